The zero-order chi connectivity index (χ0) is 6.85. The monoisotopic (exact) mass is 130 g/mol. The lowest BCUT2D eigenvalue weighted by Crippen LogP contribution is -2.34. The van der Waals surface area contributed by atoms with Gasteiger partial charge in [-0.2, -0.15) is 0 Å². The van der Waals surface area contributed by atoms with Crippen molar-refractivity contribution in [2.75, 3.05) is 13.1 Å². The standard InChI is InChI=1S/C5H10N2O2/c6-5(9)7-2-1-4(8)3-7/h4,8H,1-3H2,(H2,6,9)/t4-/m0/s1. The molecule has 0 spiro atoms. The van der Waals surface area contributed by atoms with Gasteiger partial charge in [0.1, 0.15) is 0 Å². The fourth-order valence-corrected chi connectivity index (χ4v) is 0.942. The lowest BCUT2D eigenvalue weighted by atomic mass is 10.3. The smallest absolute Gasteiger partial charge is 0.314 e. The maximum atomic E-state index is 10.4. The van der Waals surface area contributed by atoms with Crippen molar-refractivity contribution in [1.29, 1.82) is 0 Å². The molecule has 4 nitrogen and oxygen atoms in total. The maximum absolute atomic E-state index is 10.4. The van der Waals surface area contributed by atoms with Gasteiger partial charge in [0, 0.05) is 13.1 Å². The van der Waals surface area contributed by atoms with E-state index < -0.39 is 6.03 Å². The third kappa shape index (κ3) is 1.32. The lowest BCUT2D eigenvalue weighted by Gasteiger charge is -2.10. The third-order valence-corrected chi connectivity index (χ3v) is 1.48. The van der Waals surface area contributed by atoms with Crippen LogP contribution in [-0.4, -0.2) is 35.2 Å². The predicted octanol–water partition coefficient (Wildman–Crippen LogP) is -0.868. The molecule has 1 fully saturated rings. The molecule has 1 atom stereocenters. The number of hydrogen-bond donors (Lipinski definition) is 2. The zero-order valence-corrected chi connectivity index (χ0v) is 5.08. The second-order valence-corrected chi connectivity index (χ2v) is 2.23. The van der Waals surface area contributed by atoms with E-state index in [0.29, 0.717) is 19.5 Å². The number of aliphatic hydroxyl groups is 1. The second kappa shape index (κ2) is 2.23. The summed E-state index contributed by atoms with van der Waals surface area (Å²) in [4.78, 5) is 11.8. The first-order valence-electron chi connectivity index (χ1n) is 2.92. The van der Waals surface area contributed by atoms with Gasteiger partial charge >= 0.3 is 6.03 Å². The molecule has 1 rings (SSSR count). The Bertz CT molecular complexity index is 126. The third-order valence-electron chi connectivity index (χ3n) is 1.48. The van der Waals surface area contributed by atoms with E-state index in [1.807, 2.05) is 0 Å². The molecule has 0 aliphatic carbocycles. The van der Waals surface area contributed by atoms with Gasteiger partial charge in [-0.15, -0.1) is 0 Å². The van der Waals surface area contributed by atoms with E-state index in [1.165, 1.54) is 4.90 Å². The SMILES string of the molecule is NC(=O)N1CC[C@H](O)C1. The number of hydrogen-bond acceptors (Lipinski definition) is 2. The second-order valence-electron chi connectivity index (χ2n) is 2.23. The Kier molecular flexibility index (Phi) is 1.57. The van der Waals surface area contributed by atoms with Gasteiger partial charge in [-0.25, -0.2) is 4.79 Å². The molecule has 0 bridgehead atoms. The summed E-state index contributed by atoms with van der Waals surface area (Å²) in [6, 6.07) is -0.438. The molecule has 2 amide bonds. The number of nitrogens with zero attached hydrogens (tertiary/aromatic N) is 1. The Morgan fingerprint density at radius 1 is 1.78 bits per heavy atom. The lowest BCUT2D eigenvalue weighted by molar-refractivity contribution is 0.175. The number of urea groups is 1. The highest BCUT2D eigenvalue weighted by Crippen LogP contribution is 2.06. The molecule has 0 saturated carbocycles. The zero-order valence-electron chi connectivity index (χ0n) is 5.08. The number of nitrogens with two attached hydrogens (primary N) is 1. The minimum absolute atomic E-state index is 0.363. The summed E-state index contributed by atoms with van der Waals surface area (Å²) in [6.07, 6.45) is 0.292. The van der Waals surface area contributed by atoms with Crippen molar-refractivity contribution in [3.63, 3.8) is 0 Å². The van der Waals surface area contributed by atoms with Gasteiger partial charge in [0.15, 0.2) is 0 Å². The van der Waals surface area contributed by atoms with E-state index in [2.05, 4.69) is 0 Å². The first kappa shape index (κ1) is 6.35. The van der Waals surface area contributed by atoms with Gasteiger partial charge in [-0.3, -0.25) is 0 Å². The van der Waals surface area contributed by atoms with Crippen LogP contribution in [0.25, 0.3) is 0 Å². The first-order valence-corrected chi connectivity index (χ1v) is 2.92. The number of aliphatic hydroxyl groups excluding tert-OH is 1. The highest BCUT2D eigenvalue weighted by molar-refractivity contribution is 5.72. The van der Waals surface area contributed by atoms with Crippen molar-refractivity contribution in [3.8, 4) is 0 Å². The van der Waals surface area contributed by atoms with Crippen molar-refractivity contribution in [2.24, 2.45) is 5.73 Å². The Hall–Kier alpha value is -0.770. The summed E-state index contributed by atoms with van der Waals surface area (Å²) < 4.78 is 0. The first-order chi connectivity index (χ1) is 4.20. The van der Waals surface area contributed by atoms with Gasteiger partial charge in [-0.05, 0) is 6.42 Å². The molecule has 0 aromatic heterocycles. The molecule has 1 heterocycles. The molecule has 4 heteroatoms. The Labute approximate surface area is 53.2 Å². The van der Waals surface area contributed by atoms with E-state index in [9.17, 15) is 4.79 Å². The molecular weight excluding hydrogens is 120 g/mol. The van der Waals surface area contributed by atoms with Crippen LogP contribution in [0.4, 0.5) is 4.79 Å². The minimum atomic E-state index is -0.438. The summed E-state index contributed by atoms with van der Waals surface area (Å²) >= 11 is 0. The quantitative estimate of drug-likeness (QED) is 0.447. The van der Waals surface area contributed by atoms with E-state index in [0.717, 1.165) is 0 Å². The van der Waals surface area contributed by atoms with Crippen LogP contribution >= 0.6 is 0 Å². The number of primary amides is 1. The van der Waals surface area contributed by atoms with Crippen LogP contribution in [-0.2, 0) is 0 Å². The average Bonchev–Trinajstić information content (AvgIpc) is 2.14. The summed E-state index contributed by atoms with van der Waals surface area (Å²) in [5, 5.41) is 8.90. The van der Waals surface area contributed by atoms with Gasteiger partial charge in [0.2, 0.25) is 0 Å². The molecule has 1 saturated heterocycles. The molecule has 0 radical (unpaired) electrons. The highest BCUT2D eigenvalue weighted by atomic mass is 16.3. The van der Waals surface area contributed by atoms with Crippen LogP contribution in [0.2, 0.25) is 0 Å². The molecule has 0 unspecified atom stereocenters. The molecule has 52 valence electrons. The summed E-state index contributed by atoms with van der Waals surface area (Å²) in [5.41, 5.74) is 4.94. The topological polar surface area (TPSA) is 66.6 Å². The number of amides is 2. The normalized spacial score (nSPS) is 26.8. The minimum Gasteiger partial charge on any atom is -0.391 e. The van der Waals surface area contributed by atoms with Crippen LogP contribution < -0.4 is 5.73 Å². The van der Waals surface area contributed by atoms with Crippen LogP contribution in [0.3, 0.4) is 0 Å². The molecule has 3 N–H and O–H groups in total. The van der Waals surface area contributed by atoms with Crippen LogP contribution in [0.1, 0.15) is 6.42 Å². The largest absolute Gasteiger partial charge is 0.391 e. The van der Waals surface area contributed by atoms with E-state index >= 15 is 0 Å². The van der Waals surface area contributed by atoms with Gasteiger partial charge in [-0.1, -0.05) is 0 Å². The van der Waals surface area contributed by atoms with Crippen LogP contribution in [0, 0.1) is 0 Å². The molecule has 0 aromatic rings. The van der Waals surface area contributed by atoms with E-state index in [1.54, 1.807) is 0 Å². The Morgan fingerprint density at radius 3 is 2.67 bits per heavy atom. The number of rotatable bonds is 0. The average molecular weight is 130 g/mol. The highest BCUT2D eigenvalue weighted by Gasteiger charge is 2.21. The maximum Gasteiger partial charge on any atom is 0.314 e. The number of carbonyl (C=O) groups is 1. The summed E-state index contributed by atoms with van der Waals surface area (Å²) in [5.74, 6) is 0. The molecule has 0 aromatic carbocycles. The van der Waals surface area contributed by atoms with Crippen molar-refractivity contribution >= 4 is 6.03 Å². The molecule has 1 aliphatic rings. The predicted molar refractivity (Wildman–Crippen MR) is 31.8 cm³/mol. The van der Waals surface area contributed by atoms with E-state index in [4.69, 9.17) is 10.8 Å². The van der Waals surface area contributed by atoms with Crippen LogP contribution in [0.5, 0.6) is 0 Å². The van der Waals surface area contributed by atoms with Gasteiger partial charge < -0.3 is 15.7 Å². The Balaban J connectivity index is 2.39. The number of carbonyl (C=O) groups excluding carboxylic acids is 1. The van der Waals surface area contributed by atoms with Crippen LogP contribution in [0.15, 0.2) is 0 Å². The van der Waals surface area contributed by atoms with Crippen molar-refractivity contribution in [1.82, 2.24) is 4.90 Å². The molecule has 9 heavy (non-hydrogen) atoms. The van der Waals surface area contributed by atoms with Gasteiger partial charge in [0.05, 0.1) is 6.10 Å². The number of β-amino-alcohol motifs (C(OH)–C–C–N with tert-alkyl or cyclic N) is 1. The molecular formula is C5H10N2O2. The summed E-state index contributed by atoms with van der Waals surface area (Å²) in [7, 11) is 0. The van der Waals surface area contributed by atoms with Crippen molar-refractivity contribution in [2.45, 2.75) is 12.5 Å². The summed E-state index contributed by atoms with van der Waals surface area (Å²) in [6.45, 7) is 0.992. The number of likely N-dealkylation sites (tertiary alicyclic amines) is 1. The fourth-order valence-electron chi connectivity index (χ4n) is 0.942. The molecule has 1 aliphatic heterocycles. The van der Waals surface area contributed by atoms with E-state index in [-0.39, 0.29) is 6.10 Å². The Morgan fingerprint density at radius 2 is 2.44 bits per heavy atom. The van der Waals surface area contributed by atoms with Crippen molar-refractivity contribution in [3.05, 3.63) is 0 Å². The fraction of sp³-hybridized carbons (Fsp3) is 0.800. The van der Waals surface area contributed by atoms with Crippen molar-refractivity contribution < 1.29 is 9.90 Å². The van der Waals surface area contributed by atoms with Gasteiger partial charge in [0.25, 0.3) is 0 Å².